The summed E-state index contributed by atoms with van der Waals surface area (Å²) >= 11 is 0. The zero-order valence-electron chi connectivity index (χ0n) is 11.7. The van der Waals surface area contributed by atoms with Gasteiger partial charge in [0.15, 0.2) is 5.54 Å². The van der Waals surface area contributed by atoms with E-state index in [9.17, 15) is 9.90 Å². The third kappa shape index (κ3) is 2.03. The molecule has 0 amide bonds. The zero-order chi connectivity index (χ0) is 13.7. The number of ether oxygens (including phenoxy) is 1. The highest BCUT2D eigenvalue weighted by Crippen LogP contribution is 2.40. The van der Waals surface area contributed by atoms with Crippen molar-refractivity contribution in [2.24, 2.45) is 0 Å². The van der Waals surface area contributed by atoms with E-state index >= 15 is 0 Å². The van der Waals surface area contributed by atoms with Crippen molar-refractivity contribution in [1.29, 1.82) is 0 Å². The lowest BCUT2D eigenvalue weighted by Crippen LogP contribution is -2.51. The van der Waals surface area contributed by atoms with Gasteiger partial charge in [-0.05, 0) is 39.8 Å². The van der Waals surface area contributed by atoms with Crippen LogP contribution >= 0.6 is 12.4 Å². The van der Waals surface area contributed by atoms with Crippen molar-refractivity contribution in [1.82, 2.24) is 15.1 Å². The molecule has 1 fully saturated rings. The molecule has 1 saturated heterocycles. The third-order valence-electron chi connectivity index (χ3n) is 4.24. The fourth-order valence-corrected chi connectivity index (χ4v) is 3.14. The van der Waals surface area contributed by atoms with E-state index in [1.807, 2.05) is 13.8 Å². The minimum atomic E-state index is -0.941. The standard InChI is InChI=1S/C13H19N3O3.ClH/c1-12(2)10-9(8-19-12)7-15-16(10)13(11(17)18)3-5-14-6-4-13;/h7,14H,3-6,8H2,1-2H3,(H,17,18);1H. The van der Waals surface area contributed by atoms with Gasteiger partial charge in [0.1, 0.15) is 5.60 Å². The molecule has 3 heterocycles. The van der Waals surface area contributed by atoms with Gasteiger partial charge in [-0.15, -0.1) is 12.4 Å². The molecule has 0 radical (unpaired) electrons. The maximum absolute atomic E-state index is 11.9. The van der Waals surface area contributed by atoms with E-state index in [-0.39, 0.29) is 12.4 Å². The van der Waals surface area contributed by atoms with Crippen molar-refractivity contribution < 1.29 is 14.6 Å². The van der Waals surface area contributed by atoms with Crippen molar-refractivity contribution in [3.05, 3.63) is 17.5 Å². The van der Waals surface area contributed by atoms with E-state index in [1.54, 1.807) is 10.9 Å². The predicted molar refractivity (Wildman–Crippen MR) is 75.0 cm³/mol. The molecule has 0 atom stereocenters. The minimum absolute atomic E-state index is 0. The Kier molecular flexibility index (Phi) is 3.83. The zero-order valence-corrected chi connectivity index (χ0v) is 12.5. The van der Waals surface area contributed by atoms with Gasteiger partial charge in [-0.1, -0.05) is 0 Å². The first kappa shape index (κ1) is 15.3. The number of nitrogens with one attached hydrogen (secondary N) is 1. The largest absolute Gasteiger partial charge is 0.479 e. The van der Waals surface area contributed by atoms with E-state index < -0.39 is 17.1 Å². The number of carboxylic acid groups (broad SMARTS) is 1. The lowest BCUT2D eigenvalue weighted by Gasteiger charge is -2.36. The molecule has 20 heavy (non-hydrogen) atoms. The number of piperidine rings is 1. The number of rotatable bonds is 2. The number of nitrogens with zero attached hydrogens (tertiary/aromatic N) is 2. The summed E-state index contributed by atoms with van der Waals surface area (Å²) in [4.78, 5) is 11.9. The van der Waals surface area contributed by atoms with Crippen LogP contribution < -0.4 is 5.32 Å². The van der Waals surface area contributed by atoms with Gasteiger partial charge in [-0.2, -0.15) is 5.10 Å². The molecule has 0 aliphatic carbocycles. The average molecular weight is 302 g/mol. The second-order valence-electron chi connectivity index (χ2n) is 5.82. The molecule has 1 aromatic rings. The summed E-state index contributed by atoms with van der Waals surface area (Å²) < 4.78 is 7.44. The van der Waals surface area contributed by atoms with E-state index in [4.69, 9.17) is 4.74 Å². The number of aliphatic carboxylic acids is 1. The number of aromatic nitrogens is 2. The molecule has 2 N–H and O–H groups in total. The first-order valence-corrected chi connectivity index (χ1v) is 6.63. The van der Waals surface area contributed by atoms with Crippen molar-refractivity contribution in [3.63, 3.8) is 0 Å². The van der Waals surface area contributed by atoms with Crippen LogP contribution in [-0.4, -0.2) is 33.9 Å². The molecule has 112 valence electrons. The smallest absolute Gasteiger partial charge is 0.331 e. The highest BCUT2D eigenvalue weighted by atomic mass is 35.5. The number of carbonyl (C=O) groups is 1. The Labute approximate surface area is 123 Å². The molecule has 0 aromatic carbocycles. The highest BCUT2D eigenvalue weighted by Gasteiger charge is 2.47. The molecule has 3 rings (SSSR count). The van der Waals surface area contributed by atoms with Gasteiger partial charge >= 0.3 is 5.97 Å². The van der Waals surface area contributed by atoms with Crippen LogP contribution in [0, 0.1) is 0 Å². The topological polar surface area (TPSA) is 76.4 Å². The number of hydrogen-bond donors (Lipinski definition) is 2. The summed E-state index contributed by atoms with van der Waals surface area (Å²) in [6.45, 7) is 5.84. The Balaban J connectivity index is 0.00000147. The van der Waals surface area contributed by atoms with E-state index in [0.29, 0.717) is 32.5 Å². The Hall–Kier alpha value is -1.11. The number of halogens is 1. The monoisotopic (exact) mass is 301 g/mol. The van der Waals surface area contributed by atoms with Gasteiger partial charge in [0.05, 0.1) is 18.5 Å². The number of fused-ring (bicyclic) bond motifs is 1. The number of hydrogen-bond acceptors (Lipinski definition) is 4. The van der Waals surface area contributed by atoms with Crippen LogP contribution in [0.4, 0.5) is 0 Å². The Morgan fingerprint density at radius 1 is 1.45 bits per heavy atom. The first-order valence-electron chi connectivity index (χ1n) is 6.63. The molecule has 2 aliphatic rings. The van der Waals surface area contributed by atoms with Crippen LogP contribution in [0.1, 0.15) is 37.9 Å². The summed E-state index contributed by atoms with van der Waals surface area (Å²) in [7, 11) is 0. The molecule has 7 heteroatoms. The van der Waals surface area contributed by atoms with Crippen LogP contribution in [0.3, 0.4) is 0 Å². The van der Waals surface area contributed by atoms with Crippen LogP contribution in [0.25, 0.3) is 0 Å². The van der Waals surface area contributed by atoms with Gasteiger partial charge in [-0.25, -0.2) is 9.48 Å². The molecule has 0 spiro atoms. The average Bonchev–Trinajstić information content (AvgIpc) is 2.93. The molecular formula is C13H20ClN3O3. The Bertz CT molecular complexity index is 521. The van der Waals surface area contributed by atoms with Crippen LogP contribution in [0.2, 0.25) is 0 Å². The van der Waals surface area contributed by atoms with Gasteiger partial charge in [0, 0.05) is 5.56 Å². The minimum Gasteiger partial charge on any atom is -0.479 e. The second-order valence-corrected chi connectivity index (χ2v) is 5.82. The summed E-state index contributed by atoms with van der Waals surface area (Å²) in [6.07, 6.45) is 2.84. The maximum Gasteiger partial charge on any atom is 0.331 e. The molecule has 6 nitrogen and oxygen atoms in total. The molecular weight excluding hydrogens is 282 g/mol. The van der Waals surface area contributed by atoms with Crippen LogP contribution in [0.15, 0.2) is 6.20 Å². The highest BCUT2D eigenvalue weighted by molar-refractivity contribution is 5.85. The SMILES string of the molecule is CC1(C)OCc2cnn(C3(C(=O)O)CCNCC3)c21.Cl. The van der Waals surface area contributed by atoms with Crippen molar-refractivity contribution in [3.8, 4) is 0 Å². The quantitative estimate of drug-likeness (QED) is 0.859. The van der Waals surface area contributed by atoms with E-state index in [2.05, 4.69) is 10.4 Å². The summed E-state index contributed by atoms with van der Waals surface area (Å²) in [5, 5.41) is 17.3. The summed E-state index contributed by atoms with van der Waals surface area (Å²) in [5.41, 5.74) is 0.504. The molecule has 0 saturated carbocycles. The molecule has 2 aliphatic heterocycles. The van der Waals surface area contributed by atoms with Crippen LogP contribution in [0.5, 0.6) is 0 Å². The lowest BCUT2D eigenvalue weighted by molar-refractivity contribution is -0.150. The van der Waals surface area contributed by atoms with Gasteiger partial charge < -0.3 is 15.2 Å². The number of carboxylic acids is 1. The predicted octanol–water partition coefficient (Wildman–Crippen LogP) is 1.23. The first-order chi connectivity index (χ1) is 8.97. The van der Waals surface area contributed by atoms with Crippen molar-refractivity contribution in [2.45, 2.75) is 44.4 Å². The third-order valence-corrected chi connectivity index (χ3v) is 4.24. The van der Waals surface area contributed by atoms with Crippen molar-refractivity contribution in [2.75, 3.05) is 13.1 Å². The maximum atomic E-state index is 11.9. The van der Waals surface area contributed by atoms with Crippen LogP contribution in [-0.2, 0) is 27.3 Å². The summed E-state index contributed by atoms with van der Waals surface area (Å²) in [6, 6.07) is 0. The molecule has 1 aromatic heterocycles. The Morgan fingerprint density at radius 2 is 2.10 bits per heavy atom. The lowest BCUT2D eigenvalue weighted by atomic mass is 9.87. The fourth-order valence-electron chi connectivity index (χ4n) is 3.14. The fraction of sp³-hybridized carbons (Fsp3) is 0.692. The van der Waals surface area contributed by atoms with Gasteiger partial charge in [0.25, 0.3) is 0 Å². The molecule has 0 bridgehead atoms. The Morgan fingerprint density at radius 3 is 2.70 bits per heavy atom. The second kappa shape index (κ2) is 5.02. The van der Waals surface area contributed by atoms with Gasteiger partial charge in [-0.3, -0.25) is 0 Å². The van der Waals surface area contributed by atoms with E-state index in [1.165, 1.54) is 0 Å². The van der Waals surface area contributed by atoms with Crippen molar-refractivity contribution >= 4 is 18.4 Å². The normalized spacial score (nSPS) is 22.9. The molecule has 0 unspecified atom stereocenters. The van der Waals surface area contributed by atoms with E-state index in [0.717, 1.165) is 11.3 Å². The van der Waals surface area contributed by atoms with Gasteiger partial charge in [0.2, 0.25) is 0 Å². The summed E-state index contributed by atoms with van der Waals surface area (Å²) in [5.74, 6) is -0.803.